The lowest BCUT2D eigenvalue weighted by molar-refractivity contribution is -0.153. The molecule has 28 heavy (non-hydrogen) atoms. The molecule has 1 heterocycles. The van der Waals surface area contributed by atoms with Gasteiger partial charge in [0.25, 0.3) is 0 Å². The summed E-state index contributed by atoms with van der Waals surface area (Å²) < 4.78 is 46.8. The van der Waals surface area contributed by atoms with Crippen LogP contribution in [-0.2, 0) is 11.2 Å². The molecule has 0 spiro atoms. The summed E-state index contributed by atoms with van der Waals surface area (Å²) in [5, 5.41) is 0. The van der Waals surface area contributed by atoms with Crippen LogP contribution in [0.4, 0.5) is 13.2 Å². The first-order valence-corrected chi connectivity index (χ1v) is 8.74. The molecule has 0 N–H and O–H groups in total. The highest BCUT2D eigenvalue weighted by atomic mass is 19.4. The quantitative estimate of drug-likeness (QED) is 0.672. The van der Waals surface area contributed by atoms with E-state index in [1.807, 2.05) is 25.1 Å². The number of carbonyl (C=O) groups is 1. The van der Waals surface area contributed by atoms with Crippen LogP contribution in [-0.4, -0.2) is 42.7 Å². The maximum absolute atomic E-state index is 12.5. The molecule has 0 aliphatic rings. The van der Waals surface area contributed by atoms with Crippen molar-refractivity contribution in [3.63, 3.8) is 0 Å². The van der Waals surface area contributed by atoms with Gasteiger partial charge < -0.3 is 14.4 Å². The number of hydrogen-bond donors (Lipinski definition) is 0. The van der Waals surface area contributed by atoms with Gasteiger partial charge in [-0.05, 0) is 43.2 Å². The zero-order valence-electron chi connectivity index (χ0n) is 16.0. The van der Waals surface area contributed by atoms with Crippen molar-refractivity contribution in [3.8, 4) is 11.5 Å². The topological polar surface area (TPSA) is 51.7 Å². The van der Waals surface area contributed by atoms with E-state index in [-0.39, 0.29) is 29.9 Å². The van der Waals surface area contributed by atoms with Gasteiger partial charge in [-0.25, -0.2) is 0 Å². The number of carbonyl (C=O) groups excluding carboxylic acids is 1. The number of ether oxygens (including phenoxy) is 2. The lowest BCUT2D eigenvalue weighted by atomic mass is 10.1. The maximum atomic E-state index is 12.5. The van der Waals surface area contributed by atoms with E-state index in [2.05, 4.69) is 4.98 Å². The van der Waals surface area contributed by atoms with E-state index >= 15 is 0 Å². The third kappa shape index (κ3) is 6.14. The largest absolute Gasteiger partial charge is 0.493 e. The predicted octanol–water partition coefficient (Wildman–Crippen LogP) is 4.18. The molecule has 2 aromatic rings. The molecule has 1 aromatic heterocycles. The summed E-state index contributed by atoms with van der Waals surface area (Å²) in [6.07, 6.45) is -2.07. The Morgan fingerprint density at radius 2 is 1.96 bits per heavy atom. The van der Waals surface area contributed by atoms with Crippen LogP contribution in [0, 0.1) is 0 Å². The zero-order chi connectivity index (χ0) is 20.7. The Morgan fingerprint density at radius 1 is 1.21 bits per heavy atom. The van der Waals surface area contributed by atoms with E-state index in [1.165, 1.54) is 13.2 Å². The Kier molecular flexibility index (Phi) is 7.25. The number of benzene rings is 1. The van der Waals surface area contributed by atoms with Gasteiger partial charge in [0.15, 0.2) is 18.1 Å². The van der Waals surface area contributed by atoms with Crippen molar-refractivity contribution in [2.24, 2.45) is 0 Å². The number of rotatable bonds is 8. The van der Waals surface area contributed by atoms with Gasteiger partial charge in [0.05, 0.1) is 18.8 Å². The number of nitrogens with zero attached hydrogens (tertiary/aromatic N) is 2. The smallest absolute Gasteiger partial charge is 0.422 e. The number of aryl methyl sites for hydroxylation is 1. The lowest BCUT2D eigenvalue weighted by Crippen LogP contribution is -2.30. The molecule has 1 unspecified atom stereocenters. The third-order valence-electron chi connectivity index (χ3n) is 4.34. The number of aromatic nitrogens is 1. The Balaban J connectivity index is 1.97. The van der Waals surface area contributed by atoms with Gasteiger partial charge in [0, 0.05) is 19.7 Å². The average molecular weight is 396 g/mol. The highest BCUT2D eigenvalue weighted by Gasteiger charge is 2.29. The monoisotopic (exact) mass is 396 g/mol. The molecule has 2 rings (SSSR count). The van der Waals surface area contributed by atoms with Gasteiger partial charge in [0.2, 0.25) is 5.91 Å². The molecule has 0 saturated heterocycles. The third-order valence-corrected chi connectivity index (χ3v) is 4.34. The molecule has 0 saturated carbocycles. The SMILES string of the molecule is COc1cc(CCC(=O)N(C)C(C)c2ccccn2)ccc1OCC(F)(F)F. The first-order valence-electron chi connectivity index (χ1n) is 8.74. The number of amides is 1. The van der Waals surface area contributed by atoms with Crippen molar-refractivity contribution in [1.82, 2.24) is 9.88 Å². The molecule has 1 aromatic carbocycles. The van der Waals surface area contributed by atoms with Crippen LogP contribution in [0.25, 0.3) is 0 Å². The van der Waals surface area contributed by atoms with Crippen molar-refractivity contribution in [2.45, 2.75) is 32.0 Å². The highest BCUT2D eigenvalue weighted by molar-refractivity contribution is 5.76. The van der Waals surface area contributed by atoms with Crippen LogP contribution in [0.5, 0.6) is 11.5 Å². The fourth-order valence-electron chi connectivity index (χ4n) is 2.61. The number of alkyl halides is 3. The predicted molar refractivity (Wildman–Crippen MR) is 98.3 cm³/mol. The number of halogens is 3. The molecule has 0 aliphatic carbocycles. The molecule has 8 heteroatoms. The van der Waals surface area contributed by atoms with Crippen molar-refractivity contribution >= 4 is 5.91 Å². The average Bonchev–Trinajstić information content (AvgIpc) is 2.69. The summed E-state index contributed by atoms with van der Waals surface area (Å²) in [6.45, 7) is 0.507. The van der Waals surface area contributed by atoms with Gasteiger partial charge in [0.1, 0.15) is 0 Å². The van der Waals surface area contributed by atoms with Crippen molar-refractivity contribution in [2.75, 3.05) is 20.8 Å². The van der Waals surface area contributed by atoms with Crippen LogP contribution >= 0.6 is 0 Å². The van der Waals surface area contributed by atoms with Gasteiger partial charge >= 0.3 is 6.18 Å². The Labute approximate surface area is 162 Å². The second kappa shape index (κ2) is 9.43. The highest BCUT2D eigenvalue weighted by Crippen LogP contribution is 2.30. The van der Waals surface area contributed by atoms with Crippen LogP contribution in [0.3, 0.4) is 0 Å². The van der Waals surface area contributed by atoms with Gasteiger partial charge in [-0.3, -0.25) is 9.78 Å². The summed E-state index contributed by atoms with van der Waals surface area (Å²) >= 11 is 0. The molecular weight excluding hydrogens is 373 g/mol. The second-order valence-corrected chi connectivity index (χ2v) is 6.32. The number of methoxy groups -OCH3 is 1. The van der Waals surface area contributed by atoms with E-state index in [0.717, 1.165) is 11.3 Å². The van der Waals surface area contributed by atoms with Crippen LogP contribution < -0.4 is 9.47 Å². The van der Waals surface area contributed by atoms with Crippen molar-refractivity contribution in [1.29, 1.82) is 0 Å². The van der Waals surface area contributed by atoms with Gasteiger partial charge in [-0.2, -0.15) is 13.2 Å². The standard InChI is InChI=1S/C20H23F3N2O3/c1-14(16-6-4-5-11-24-16)25(2)19(26)10-8-15-7-9-17(18(12-15)27-3)28-13-20(21,22)23/h4-7,9,11-12,14H,8,10,13H2,1-3H3. The minimum atomic E-state index is -4.43. The minimum Gasteiger partial charge on any atom is -0.493 e. The second-order valence-electron chi connectivity index (χ2n) is 6.32. The Bertz CT molecular complexity index is 782. The molecule has 152 valence electrons. The van der Waals surface area contributed by atoms with E-state index in [4.69, 9.17) is 9.47 Å². The molecule has 0 radical (unpaired) electrons. The molecule has 0 aliphatic heterocycles. The first kappa shape index (κ1) is 21.5. The summed E-state index contributed by atoms with van der Waals surface area (Å²) in [4.78, 5) is 18.4. The molecule has 0 fully saturated rings. The summed E-state index contributed by atoms with van der Waals surface area (Å²) in [7, 11) is 3.07. The lowest BCUT2D eigenvalue weighted by Gasteiger charge is -2.24. The van der Waals surface area contributed by atoms with Crippen molar-refractivity contribution < 1.29 is 27.4 Å². The van der Waals surface area contributed by atoms with Gasteiger partial charge in [-0.1, -0.05) is 12.1 Å². The van der Waals surface area contributed by atoms with E-state index in [1.54, 1.807) is 30.3 Å². The molecule has 1 amide bonds. The fourth-order valence-corrected chi connectivity index (χ4v) is 2.61. The Hall–Kier alpha value is -2.77. The number of hydrogen-bond acceptors (Lipinski definition) is 4. The normalized spacial score (nSPS) is 12.4. The summed E-state index contributed by atoms with van der Waals surface area (Å²) in [5.41, 5.74) is 1.56. The maximum Gasteiger partial charge on any atom is 0.422 e. The van der Waals surface area contributed by atoms with Crippen molar-refractivity contribution in [3.05, 3.63) is 53.9 Å². The molecular formula is C20H23F3N2O3. The summed E-state index contributed by atoms with van der Waals surface area (Å²) in [5.74, 6) is 0.148. The first-order chi connectivity index (χ1) is 13.2. The van der Waals surface area contributed by atoms with Gasteiger partial charge in [-0.15, -0.1) is 0 Å². The summed E-state index contributed by atoms with van der Waals surface area (Å²) in [6, 6.07) is 10.0. The number of pyridine rings is 1. The van der Waals surface area contributed by atoms with Crippen LogP contribution in [0.1, 0.15) is 30.6 Å². The minimum absolute atomic E-state index is 0.00999. The molecule has 1 atom stereocenters. The van der Waals surface area contributed by atoms with E-state index in [0.29, 0.717) is 6.42 Å². The zero-order valence-corrected chi connectivity index (χ0v) is 16.0. The Morgan fingerprint density at radius 3 is 2.57 bits per heavy atom. The van der Waals surface area contributed by atoms with E-state index < -0.39 is 12.8 Å². The fraction of sp³-hybridized carbons (Fsp3) is 0.400. The van der Waals surface area contributed by atoms with E-state index in [9.17, 15) is 18.0 Å². The van der Waals surface area contributed by atoms with Crippen LogP contribution in [0.15, 0.2) is 42.6 Å². The molecule has 0 bridgehead atoms. The van der Waals surface area contributed by atoms with Crippen LogP contribution in [0.2, 0.25) is 0 Å². The molecule has 5 nitrogen and oxygen atoms in total.